The fourth-order valence-electron chi connectivity index (χ4n) is 5.51. The van der Waals surface area contributed by atoms with E-state index < -0.39 is 0 Å². The summed E-state index contributed by atoms with van der Waals surface area (Å²) in [6, 6.07) is 30.4. The van der Waals surface area contributed by atoms with E-state index in [1.54, 1.807) is 6.26 Å². The van der Waals surface area contributed by atoms with Crippen molar-refractivity contribution in [3.05, 3.63) is 150 Å². The van der Waals surface area contributed by atoms with Gasteiger partial charge in [-0.15, -0.1) is 0 Å². The van der Waals surface area contributed by atoms with E-state index in [9.17, 15) is 0 Å². The zero-order chi connectivity index (χ0) is 20.8. The van der Waals surface area contributed by atoms with Gasteiger partial charge in [-0.2, -0.15) is 0 Å². The predicted octanol–water partition coefficient (Wildman–Crippen LogP) is 7.35. The summed E-state index contributed by atoms with van der Waals surface area (Å²) in [5.74, 6) is 0.966. The number of allylic oxidation sites excluding steroid dienone is 5. The molecule has 148 valence electrons. The lowest BCUT2D eigenvalue weighted by molar-refractivity contribution is 0.523. The van der Waals surface area contributed by atoms with E-state index in [1.807, 2.05) is 18.2 Å². The van der Waals surface area contributed by atoms with Gasteiger partial charge in [-0.1, -0.05) is 97.6 Å². The molecule has 0 unspecified atom stereocenters. The van der Waals surface area contributed by atoms with Crippen LogP contribution in [-0.2, 0) is 11.8 Å². The number of hydrogen-bond acceptors (Lipinski definition) is 1. The first-order valence-corrected chi connectivity index (χ1v) is 10.7. The van der Waals surface area contributed by atoms with Gasteiger partial charge in [0.05, 0.1) is 11.7 Å². The Morgan fingerprint density at radius 2 is 1.29 bits per heavy atom. The molecule has 0 saturated carbocycles. The SMILES string of the molecule is C=CC1=C(/C=C\Cc2ccco2)C2(c3ccccc31)c1ccccc1-c1ccccc12. The van der Waals surface area contributed by atoms with E-state index in [2.05, 4.69) is 91.5 Å². The molecule has 2 aliphatic carbocycles. The Kier molecular flexibility index (Phi) is 3.97. The molecule has 1 nitrogen and oxygen atoms in total. The Bertz CT molecular complexity index is 1320. The van der Waals surface area contributed by atoms with Crippen LogP contribution in [0.2, 0.25) is 0 Å². The van der Waals surface area contributed by atoms with Crippen LogP contribution in [0, 0.1) is 0 Å². The molecular weight excluding hydrogens is 376 g/mol. The highest BCUT2D eigenvalue weighted by Crippen LogP contribution is 2.62. The van der Waals surface area contributed by atoms with E-state index in [0.717, 1.165) is 12.2 Å². The monoisotopic (exact) mass is 398 g/mol. The second kappa shape index (κ2) is 6.85. The minimum absolute atomic E-state index is 0.326. The molecule has 0 N–H and O–H groups in total. The third-order valence-corrected chi connectivity index (χ3v) is 6.66. The number of furan rings is 1. The minimum atomic E-state index is -0.326. The largest absolute Gasteiger partial charge is 0.469 e. The van der Waals surface area contributed by atoms with Gasteiger partial charge in [0.25, 0.3) is 0 Å². The van der Waals surface area contributed by atoms with Gasteiger partial charge in [-0.05, 0) is 56.7 Å². The van der Waals surface area contributed by atoms with Crippen molar-refractivity contribution in [1.29, 1.82) is 0 Å². The fraction of sp³-hybridized carbons (Fsp3) is 0.0667. The average molecular weight is 399 g/mol. The van der Waals surface area contributed by atoms with Gasteiger partial charge in [0.1, 0.15) is 5.76 Å². The lowest BCUT2D eigenvalue weighted by Gasteiger charge is -2.31. The van der Waals surface area contributed by atoms with E-state index >= 15 is 0 Å². The molecule has 1 aromatic heterocycles. The summed E-state index contributed by atoms with van der Waals surface area (Å²) >= 11 is 0. The number of benzene rings is 3. The molecule has 0 atom stereocenters. The summed E-state index contributed by atoms with van der Waals surface area (Å²) in [4.78, 5) is 0. The van der Waals surface area contributed by atoms with Crippen LogP contribution < -0.4 is 0 Å². The van der Waals surface area contributed by atoms with Gasteiger partial charge in [0, 0.05) is 6.42 Å². The zero-order valence-electron chi connectivity index (χ0n) is 17.2. The summed E-state index contributed by atoms with van der Waals surface area (Å²) in [5, 5.41) is 0. The summed E-state index contributed by atoms with van der Waals surface area (Å²) in [7, 11) is 0. The van der Waals surface area contributed by atoms with Crippen molar-refractivity contribution >= 4 is 5.57 Å². The molecule has 0 fully saturated rings. The predicted molar refractivity (Wildman–Crippen MR) is 127 cm³/mol. The second-order valence-corrected chi connectivity index (χ2v) is 8.10. The van der Waals surface area contributed by atoms with Crippen molar-refractivity contribution in [3.8, 4) is 11.1 Å². The van der Waals surface area contributed by atoms with Gasteiger partial charge in [-0.25, -0.2) is 0 Å². The van der Waals surface area contributed by atoms with E-state index in [-0.39, 0.29) is 5.41 Å². The molecule has 1 spiro atoms. The van der Waals surface area contributed by atoms with Crippen LogP contribution in [-0.4, -0.2) is 0 Å². The lowest BCUT2D eigenvalue weighted by Crippen LogP contribution is -2.26. The molecule has 0 radical (unpaired) electrons. The van der Waals surface area contributed by atoms with E-state index in [0.29, 0.717) is 0 Å². The third kappa shape index (κ3) is 2.38. The van der Waals surface area contributed by atoms with Crippen LogP contribution in [0.5, 0.6) is 0 Å². The summed E-state index contributed by atoms with van der Waals surface area (Å²) in [6.07, 6.45) is 9.02. The van der Waals surface area contributed by atoms with Crippen LogP contribution in [0.4, 0.5) is 0 Å². The van der Waals surface area contributed by atoms with Gasteiger partial charge in [0.2, 0.25) is 0 Å². The van der Waals surface area contributed by atoms with Crippen molar-refractivity contribution in [2.45, 2.75) is 11.8 Å². The first-order valence-electron chi connectivity index (χ1n) is 10.7. The molecule has 6 rings (SSSR count). The summed E-state index contributed by atoms with van der Waals surface area (Å²) in [5.41, 5.74) is 10.1. The molecule has 0 amide bonds. The van der Waals surface area contributed by atoms with Crippen LogP contribution in [0.3, 0.4) is 0 Å². The molecule has 1 heteroatoms. The lowest BCUT2D eigenvalue weighted by atomic mass is 9.69. The van der Waals surface area contributed by atoms with Crippen LogP contribution in [0.15, 0.2) is 126 Å². The molecule has 3 aromatic carbocycles. The Balaban J connectivity index is 1.66. The van der Waals surface area contributed by atoms with Gasteiger partial charge in [-0.3, -0.25) is 0 Å². The standard InChI is InChI=1S/C30H22O/c1-2-22-23-13-3-6-16-27(23)30(26(22)19-9-11-21-12-10-20-31-21)28-17-7-4-14-24(28)25-15-5-8-18-29(25)30/h2-10,12-20H,1,11H2/b19-9-. The van der Waals surface area contributed by atoms with Crippen LogP contribution in [0.25, 0.3) is 16.7 Å². The Hall–Kier alpha value is -3.84. The fourth-order valence-corrected chi connectivity index (χ4v) is 5.51. The van der Waals surface area contributed by atoms with Gasteiger partial charge >= 0.3 is 0 Å². The molecule has 0 bridgehead atoms. The smallest absolute Gasteiger partial charge is 0.107 e. The van der Waals surface area contributed by atoms with Crippen molar-refractivity contribution in [2.75, 3.05) is 0 Å². The molecule has 31 heavy (non-hydrogen) atoms. The quantitative estimate of drug-likeness (QED) is 0.350. The van der Waals surface area contributed by atoms with Crippen molar-refractivity contribution < 1.29 is 4.42 Å². The Morgan fingerprint density at radius 3 is 1.87 bits per heavy atom. The highest BCUT2D eigenvalue weighted by atomic mass is 16.3. The van der Waals surface area contributed by atoms with Crippen LogP contribution in [0.1, 0.15) is 28.0 Å². The number of fused-ring (bicyclic) bond motifs is 7. The average Bonchev–Trinajstić information content (AvgIpc) is 3.51. The molecular formula is C30H22O. The third-order valence-electron chi connectivity index (χ3n) is 6.66. The van der Waals surface area contributed by atoms with Gasteiger partial charge < -0.3 is 4.42 Å². The maximum atomic E-state index is 5.56. The second-order valence-electron chi connectivity index (χ2n) is 8.10. The highest BCUT2D eigenvalue weighted by molar-refractivity contribution is 5.97. The van der Waals surface area contributed by atoms with E-state index in [1.165, 1.54) is 44.5 Å². The highest BCUT2D eigenvalue weighted by Gasteiger charge is 2.51. The normalized spacial score (nSPS) is 15.4. The molecule has 2 aliphatic rings. The Labute approximate surface area is 182 Å². The molecule has 0 saturated heterocycles. The number of rotatable bonds is 4. The first-order chi connectivity index (χ1) is 15.4. The van der Waals surface area contributed by atoms with Crippen molar-refractivity contribution in [1.82, 2.24) is 0 Å². The van der Waals surface area contributed by atoms with E-state index in [4.69, 9.17) is 4.42 Å². The Morgan fingerprint density at radius 1 is 0.710 bits per heavy atom. The molecule has 0 aliphatic heterocycles. The van der Waals surface area contributed by atoms with Gasteiger partial charge in [0.15, 0.2) is 0 Å². The molecule has 4 aromatic rings. The minimum Gasteiger partial charge on any atom is -0.469 e. The van der Waals surface area contributed by atoms with Crippen molar-refractivity contribution in [3.63, 3.8) is 0 Å². The number of hydrogen-bond donors (Lipinski definition) is 0. The molecule has 1 heterocycles. The van der Waals surface area contributed by atoms with Crippen LogP contribution >= 0.6 is 0 Å². The summed E-state index contributed by atoms with van der Waals surface area (Å²) in [6.45, 7) is 4.21. The maximum absolute atomic E-state index is 5.56. The first kappa shape index (κ1) is 18.0. The van der Waals surface area contributed by atoms with Crippen molar-refractivity contribution in [2.24, 2.45) is 0 Å². The topological polar surface area (TPSA) is 13.1 Å². The maximum Gasteiger partial charge on any atom is 0.107 e. The summed E-state index contributed by atoms with van der Waals surface area (Å²) < 4.78 is 5.56. The zero-order valence-corrected chi connectivity index (χ0v) is 17.2.